The molecule has 0 aliphatic carbocycles. The van der Waals surface area contributed by atoms with Crippen molar-refractivity contribution in [3.05, 3.63) is 46.5 Å². The van der Waals surface area contributed by atoms with Gasteiger partial charge in [0.1, 0.15) is 5.82 Å². The largest absolute Gasteiger partial charge is 0.339 e. The van der Waals surface area contributed by atoms with Crippen LogP contribution in [-0.2, 0) is 0 Å². The van der Waals surface area contributed by atoms with Crippen molar-refractivity contribution in [2.45, 2.75) is 0 Å². The van der Waals surface area contributed by atoms with Crippen molar-refractivity contribution < 1.29 is 0 Å². The summed E-state index contributed by atoms with van der Waals surface area (Å²) in [6.45, 7) is 0. The summed E-state index contributed by atoms with van der Waals surface area (Å²) in [4.78, 5) is 8.61. The number of nitrogens with zero attached hydrogens (tertiary/aromatic N) is 2. The standard InChI is InChI=1S/C12H8BrN3S/c13-9-7-17-10-3-4-11(16-12(9)10)15-8-2-1-5-14-6-8/h1-7H,(H,15,16). The van der Waals surface area contributed by atoms with E-state index in [2.05, 4.69) is 37.3 Å². The number of halogens is 1. The summed E-state index contributed by atoms with van der Waals surface area (Å²) in [7, 11) is 0. The lowest BCUT2D eigenvalue weighted by Crippen LogP contribution is -1.93. The third-order valence-electron chi connectivity index (χ3n) is 2.31. The highest BCUT2D eigenvalue weighted by atomic mass is 79.9. The van der Waals surface area contributed by atoms with Crippen molar-refractivity contribution in [1.82, 2.24) is 9.97 Å². The highest BCUT2D eigenvalue weighted by Gasteiger charge is 2.04. The summed E-state index contributed by atoms with van der Waals surface area (Å²) in [6.07, 6.45) is 3.52. The maximum absolute atomic E-state index is 4.55. The Hall–Kier alpha value is -1.46. The number of hydrogen-bond donors (Lipinski definition) is 1. The van der Waals surface area contributed by atoms with Gasteiger partial charge in [0.2, 0.25) is 0 Å². The van der Waals surface area contributed by atoms with Crippen molar-refractivity contribution in [2.24, 2.45) is 0 Å². The minimum atomic E-state index is 0.824. The number of thiophene rings is 1. The van der Waals surface area contributed by atoms with Crippen LogP contribution in [0.5, 0.6) is 0 Å². The van der Waals surface area contributed by atoms with Gasteiger partial charge in [0.05, 0.1) is 26.6 Å². The molecular formula is C12H8BrN3S. The third-order valence-corrected chi connectivity index (χ3v) is 4.15. The van der Waals surface area contributed by atoms with Crippen molar-refractivity contribution in [1.29, 1.82) is 0 Å². The molecule has 1 N–H and O–H groups in total. The predicted octanol–water partition coefficient (Wildman–Crippen LogP) is 4.20. The SMILES string of the molecule is Brc1csc2ccc(Nc3cccnc3)nc12. The van der Waals surface area contributed by atoms with Crippen molar-refractivity contribution in [2.75, 3.05) is 5.32 Å². The second-order valence-corrected chi connectivity index (χ2v) is 5.26. The van der Waals surface area contributed by atoms with Crippen LogP contribution in [0.25, 0.3) is 10.2 Å². The zero-order valence-electron chi connectivity index (χ0n) is 8.72. The zero-order valence-corrected chi connectivity index (χ0v) is 11.1. The Balaban J connectivity index is 1.98. The van der Waals surface area contributed by atoms with E-state index in [9.17, 15) is 0 Å². The third kappa shape index (κ3) is 2.16. The average Bonchev–Trinajstić information content (AvgIpc) is 2.73. The van der Waals surface area contributed by atoms with E-state index in [1.165, 1.54) is 4.70 Å². The lowest BCUT2D eigenvalue weighted by molar-refractivity contribution is 1.30. The fourth-order valence-corrected chi connectivity index (χ4v) is 3.01. The van der Waals surface area contributed by atoms with Gasteiger partial charge in [-0.25, -0.2) is 4.98 Å². The Morgan fingerprint density at radius 2 is 2.18 bits per heavy atom. The second-order valence-electron chi connectivity index (χ2n) is 3.49. The fraction of sp³-hybridized carbons (Fsp3) is 0. The monoisotopic (exact) mass is 305 g/mol. The molecule has 0 aromatic carbocycles. The van der Waals surface area contributed by atoms with Gasteiger partial charge in [0.15, 0.2) is 0 Å². The van der Waals surface area contributed by atoms with E-state index in [0.717, 1.165) is 21.5 Å². The van der Waals surface area contributed by atoms with Crippen molar-refractivity contribution in [3.8, 4) is 0 Å². The van der Waals surface area contributed by atoms with Crippen LogP contribution in [0, 0.1) is 0 Å². The molecule has 3 heterocycles. The first kappa shape index (κ1) is 10.7. The molecule has 0 radical (unpaired) electrons. The zero-order chi connectivity index (χ0) is 11.7. The Morgan fingerprint density at radius 1 is 1.24 bits per heavy atom. The van der Waals surface area contributed by atoms with Gasteiger partial charge in [0.25, 0.3) is 0 Å². The predicted molar refractivity (Wildman–Crippen MR) is 74.8 cm³/mol. The molecular weight excluding hydrogens is 298 g/mol. The van der Waals surface area contributed by atoms with E-state index < -0.39 is 0 Å². The Morgan fingerprint density at radius 3 is 3.00 bits per heavy atom. The van der Waals surface area contributed by atoms with Gasteiger partial charge in [-0.15, -0.1) is 11.3 Å². The number of hydrogen-bond acceptors (Lipinski definition) is 4. The van der Waals surface area contributed by atoms with Gasteiger partial charge < -0.3 is 5.32 Å². The molecule has 17 heavy (non-hydrogen) atoms. The molecule has 0 atom stereocenters. The molecule has 3 aromatic heterocycles. The van der Waals surface area contributed by atoms with Crippen LogP contribution >= 0.6 is 27.3 Å². The number of pyridine rings is 2. The fourth-order valence-electron chi connectivity index (χ4n) is 1.54. The van der Waals surface area contributed by atoms with E-state index in [-0.39, 0.29) is 0 Å². The normalized spacial score (nSPS) is 10.6. The topological polar surface area (TPSA) is 37.8 Å². The lowest BCUT2D eigenvalue weighted by Gasteiger charge is -2.04. The van der Waals surface area contributed by atoms with Crippen LogP contribution in [0.4, 0.5) is 11.5 Å². The molecule has 3 rings (SSSR count). The molecule has 0 aliphatic rings. The smallest absolute Gasteiger partial charge is 0.131 e. The Bertz CT molecular complexity index is 651. The van der Waals surface area contributed by atoms with E-state index in [1.807, 2.05) is 23.6 Å². The molecule has 0 amide bonds. The molecule has 0 spiro atoms. The minimum absolute atomic E-state index is 0.824. The quantitative estimate of drug-likeness (QED) is 0.771. The summed E-state index contributed by atoms with van der Waals surface area (Å²) in [5, 5.41) is 5.27. The summed E-state index contributed by atoms with van der Waals surface area (Å²) < 4.78 is 2.21. The molecule has 0 bridgehead atoms. The molecule has 0 fully saturated rings. The second kappa shape index (κ2) is 4.43. The van der Waals surface area contributed by atoms with Crippen LogP contribution in [0.15, 0.2) is 46.5 Å². The summed E-state index contributed by atoms with van der Waals surface area (Å²) in [5.74, 6) is 0.824. The molecule has 5 heteroatoms. The number of aromatic nitrogens is 2. The van der Waals surface area contributed by atoms with Gasteiger partial charge in [-0.1, -0.05) is 0 Å². The van der Waals surface area contributed by atoms with Crippen LogP contribution in [0.2, 0.25) is 0 Å². The lowest BCUT2D eigenvalue weighted by atomic mass is 10.3. The molecule has 3 nitrogen and oxygen atoms in total. The molecule has 0 saturated carbocycles. The first-order chi connectivity index (χ1) is 8.33. The number of rotatable bonds is 2. The Labute approximate surface area is 111 Å². The van der Waals surface area contributed by atoms with E-state index in [0.29, 0.717) is 0 Å². The summed E-state index contributed by atoms with van der Waals surface area (Å²) in [5.41, 5.74) is 1.93. The van der Waals surface area contributed by atoms with Gasteiger partial charge in [-0.3, -0.25) is 4.98 Å². The number of nitrogens with one attached hydrogen (secondary N) is 1. The maximum Gasteiger partial charge on any atom is 0.131 e. The first-order valence-corrected chi connectivity index (χ1v) is 6.71. The van der Waals surface area contributed by atoms with Gasteiger partial charge >= 0.3 is 0 Å². The van der Waals surface area contributed by atoms with Gasteiger partial charge in [0, 0.05) is 11.6 Å². The number of anilines is 2. The average molecular weight is 306 g/mol. The minimum Gasteiger partial charge on any atom is -0.339 e. The first-order valence-electron chi connectivity index (χ1n) is 5.04. The van der Waals surface area contributed by atoms with Gasteiger partial charge in [-0.2, -0.15) is 0 Å². The summed E-state index contributed by atoms with van der Waals surface area (Å²) in [6, 6.07) is 7.89. The maximum atomic E-state index is 4.55. The molecule has 0 aliphatic heterocycles. The van der Waals surface area contributed by atoms with E-state index >= 15 is 0 Å². The van der Waals surface area contributed by atoms with Crippen molar-refractivity contribution in [3.63, 3.8) is 0 Å². The molecule has 3 aromatic rings. The molecule has 0 unspecified atom stereocenters. The summed E-state index contributed by atoms with van der Waals surface area (Å²) >= 11 is 5.17. The van der Waals surface area contributed by atoms with E-state index in [4.69, 9.17) is 0 Å². The highest BCUT2D eigenvalue weighted by molar-refractivity contribution is 9.10. The molecule has 84 valence electrons. The van der Waals surface area contributed by atoms with Crippen LogP contribution < -0.4 is 5.32 Å². The van der Waals surface area contributed by atoms with Crippen LogP contribution in [0.1, 0.15) is 0 Å². The Kier molecular flexibility index (Phi) is 2.78. The molecule has 0 saturated heterocycles. The van der Waals surface area contributed by atoms with Gasteiger partial charge in [-0.05, 0) is 40.2 Å². The van der Waals surface area contributed by atoms with Crippen LogP contribution in [-0.4, -0.2) is 9.97 Å². The highest BCUT2D eigenvalue weighted by Crippen LogP contribution is 2.30. The number of fused-ring (bicyclic) bond motifs is 1. The van der Waals surface area contributed by atoms with Crippen molar-refractivity contribution >= 4 is 49.0 Å². The van der Waals surface area contributed by atoms with E-state index in [1.54, 1.807) is 23.7 Å². The van der Waals surface area contributed by atoms with Crippen LogP contribution in [0.3, 0.4) is 0 Å².